The number of hydrogen-bond donors (Lipinski definition) is 1. The van der Waals surface area contributed by atoms with Crippen LogP contribution in [-0.2, 0) is 9.59 Å². The minimum absolute atomic E-state index is 0.0421. The van der Waals surface area contributed by atoms with Gasteiger partial charge in [-0.25, -0.2) is 0 Å². The molecule has 138 valence electrons. The minimum atomic E-state index is -4.47. The zero-order valence-corrected chi connectivity index (χ0v) is 13.3. The van der Waals surface area contributed by atoms with E-state index in [-0.39, 0.29) is 24.0 Å². The Labute approximate surface area is 142 Å². The summed E-state index contributed by atoms with van der Waals surface area (Å²) in [6, 6.07) is 5.79. The average molecular weight is 361 g/mol. The van der Waals surface area contributed by atoms with Gasteiger partial charge in [-0.3, -0.25) is 9.59 Å². The molecule has 1 saturated heterocycles. The van der Waals surface area contributed by atoms with Crippen LogP contribution in [0.15, 0.2) is 24.3 Å². The van der Waals surface area contributed by atoms with Crippen LogP contribution >= 0.6 is 0 Å². The summed E-state index contributed by atoms with van der Waals surface area (Å²) < 4.78 is 46.7. The molecule has 0 aromatic heterocycles. The van der Waals surface area contributed by atoms with Crippen molar-refractivity contribution in [2.45, 2.75) is 19.0 Å². The quantitative estimate of drug-likeness (QED) is 0.842. The van der Waals surface area contributed by atoms with Gasteiger partial charge >= 0.3 is 12.1 Å². The molecule has 1 amide bonds. The van der Waals surface area contributed by atoms with Crippen LogP contribution in [0.3, 0.4) is 0 Å². The Morgan fingerprint density at radius 1 is 1.12 bits per heavy atom. The van der Waals surface area contributed by atoms with E-state index in [9.17, 15) is 22.8 Å². The second kappa shape index (κ2) is 8.09. The molecule has 9 heteroatoms. The molecular formula is C16H18F3NO5. The third kappa shape index (κ3) is 5.84. The van der Waals surface area contributed by atoms with E-state index in [2.05, 4.69) is 4.74 Å². The molecule has 0 bridgehead atoms. The van der Waals surface area contributed by atoms with Gasteiger partial charge in [-0.15, -0.1) is 0 Å². The fraction of sp³-hybridized carbons (Fsp3) is 0.500. The Morgan fingerprint density at radius 2 is 1.68 bits per heavy atom. The maximum atomic E-state index is 12.2. The van der Waals surface area contributed by atoms with E-state index in [1.165, 1.54) is 23.1 Å². The molecule has 0 unspecified atom stereocenters. The third-order valence-electron chi connectivity index (χ3n) is 3.79. The van der Waals surface area contributed by atoms with Gasteiger partial charge in [0, 0.05) is 13.1 Å². The highest BCUT2D eigenvalue weighted by molar-refractivity contribution is 5.78. The number of carboxylic acid groups (broad SMARTS) is 1. The van der Waals surface area contributed by atoms with Crippen LogP contribution in [0, 0.1) is 5.92 Å². The number of carboxylic acids is 1. The summed E-state index contributed by atoms with van der Waals surface area (Å²) in [7, 11) is 0. The van der Waals surface area contributed by atoms with Crippen LogP contribution in [0.25, 0.3) is 0 Å². The van der Waals surface area contributed by atoms with Crippen molar-refractivity contribution in [1.82, 2.24) is 4.90 Å². The van der Waals surface area contributed by atoms with Gasteiger partial charge in [-0.2, -0.15) is 13.2 Å². The van der Waals surface area contributed by atoms with Gasteiger partial charge in [-0.05, 0) is 25.0 Å². The number of benzene rings is 1. The number of carbonyl (C=O) groups is 2. The van der Waals surface area contributed by atoms with E-state index < -0.39 is 24.7 Å². The Balaban J connectivity index is 1.87. The van der Waals surface area contributed by atoms with Gasteiger partial charge in [0.1, 0.15) is 0 Å². The van der Waals surface area contributed by atoms with E-state index in [0.29, 0.717) is 25.9 Å². The number of ether oxygens (including phenoxy) is 2. The van der Waals surface area contributed by atoms with E-state index in [0.717, 1.165) is 0 Å². The van der Waals surface area contributed by atoms with E-state index >= 15 is 0 Å². The molecule has 1 heterocycles. The van der Waals surface area contributed by atoms with Crippen molar-refractivity contribution < 1.29 is 37.3 Å². The first kappa shape index (κ1) is 18.9. The summed E-state index contributed by atoms with van der Waals surface area (Å²) >= 11 is 0. The van der Waals surface area contributed by atoms with Gasteiger partial charge in [0.15, 0.2) is 24.7 Å². The maximum absolute atomic E-state index is 12.2. The second-order valence-corrected chi connectivity index (χ2v) is 5.63. The Hall–Kier alpha value is -2.45. The van der Waals surface area contributed by atoms with Crippen molar-refractivity contribution in [3.05, 3.63) is 24.3 Å². The number of halogens is 3. The van der Waals surface area contributed by atoms with Crippen molar-refractivity contribution in [2.75, 3.05) is 26.3 Å². The van der Waals surface area contributed by atoms with Crippen LogP contribution in [0.2, 0.25) is 0 Å². The number of nitrogens with zero attached hydrogens (tertiary/aromatic N) is 1. The van der Waals surface area contributed by atoms with Crippen molar-refractivity contribution in [3.8, 4) is 11.5 Å². The van der Waals surface area contributed by atoms with Gasteiger partial charge in [0.05, 0.1) is 5.92 Å². The number of alkyl halides is 3. The first-order valence-electron chi connectivity index (χ1n) is 7.68. The van der Waals surface area contributed by atoms with E-state index in [1.54, 1.807) is 6.07 Å². The maximum Gasteiger partial charge on any atom is 0.422 e. The summed E-state index contributed by atoms with van der Waals surface area (Å²) in [5.74, 6) is -1.74. The number of carbonyl (C=O) groups excluding carboxylic acids is 1. The number of rotatable bonds is 6. The molecule has 0 saturated carbocycles. The van der Waals surface area contributed by atoms with Crippen LogP contribution in [-0.4, -0.2) is 54.4 Å². The van der Waals surface area contributed by atoms with Gasteiger partial charge in [-0.1, -0.05) is 12.1 Å². The predicted molar refractivity (Wildman–Crippen MR) is 80.4 cm³/mol. The highest BCUT2D eigenvalue weighted by Gasteiger charge is 2.29. The summed E-state index contributed by atoms with van der Waals surface area (Å²) in [5, 5.41) is 8.93. The molecule has 0 atom stereocenters. The highest BCUT2D eigenvalue weighted by atomic mass is 19.4. The first-order valence-corrected chi connectivity index (χ1v) is 7.68. The number of aliphatic carboxylic acids is 1. The average Bonchev–Trinajstić information content (AvgIpc) is 2.58. The second-order valence-electron chi connectivity index (χ2n) is 5.63. The molecule has 1 aromatic carbocycles. The molecule has 0 spiro atoms. The summed E-state index contributed by atoms with van der Waals surface area (Å²) in [6.45, 7) is -1.19. The molecule has 1 fully saturated rings. The number of hydrogen-bond acceptors (Lipinski definition) is 4. The Bertz CT molecular complexity index is 612. The minimum Gasteiger partial charge on any atom is -0.481 e. The van der Waals surface area contributed by atoms with Crippen LogP contribution in [0.1, 0.15) is 12.8 Å². The molecule has 1 aliphatic rings. The molecule has 2 rings (SSSR count). The number of para-hydroxylation sites is 2. The standard InChI is InChI=1S/C16H18F3NO5/c17-16(18,19)10-25-13-4-2-1-3-12(13)24-9-14(21)20-7-5-11(6-8-20)15(22)23/h1-4,11H,5-10H2,(H,22,23). The number of likely N-dealkylation sites (tertiary alicyclic amines) is 1. The van der Waals surface area contributed by atoms with Gasteiger partial charge < -0.3 is 19.5 Å². The molecular weight excluding hydrogens is 343 g/mol. The predicted octanol–water partition coefficient (Wildman–Crippen LogP) is 2.33. The zero-order valence-electron chi connectivity index (χ0n) is 13.3. The first-order chi connectivity index (χ1) is 11.8. The third-order valence-corrected chi connectivity index (χ3v) is 3.79. The van der Waals surface area contributed by atoms with Crippen molar-refractivity contribution in [2.24, 2.45) is 5.92 Å². The van der Waals surface area contributed by atoms with Gasteiger partial charge in [0.25, 0.3) is 5.91 Å². The molecule has 25 heavy (non-hydrogen) atoms. The normalized spacial score (nSPS) is 15.7. The zero-order chi connectivity index (χ0) is 18.4. The van der Waals surface area contributed by atoms with E-state index in [1.807, 2.05) is 0 Å². The lowest BCUT2D eigenvalue weighted by Gasteiger charge is -2.30. The lowest BCUT2D eigenvalue weighted by atomic mass is 9.97. The highest BCUT2D eigenvalue weighted by Crippen LogP contribution is 2.28. The number of piperidine rings is 1. The topological polar surface area (TPSA) is 76.1 Å². The van der Waals surface area contributed by atoms with Gasteiger partial charge in [0.2, 0.25) is 0 Å². The van der Waals surface area contributed by atoms with Crippen molar-refractivity contribution >= 4 is 11.9 Å². The molecule has 1 aromatic rings. The van der Waals surface area contributed by atoms with E-state index in [4.69, 9.17) is 9.84 Å². The van der Waals surface area contributed by atoms with Crippen molar-refractivity contribution in [3.63, 3.8) is 0 Å². The monoisotopic (exact) mass is 361 g/mol. The van der Waals surface area contributed by atoms with Crippen molar-refractivity contribution in [1.29, 1.82) is 0 Å². The largest absolute Gasteiger partial charge is 0.481 e. The smallest absolute Gasteiger partial charge is 0.422 e. The molecule has 0 aliphatic carbocycles. The molecule has 0 radical (unpaired) electrons. The van der Waals surface area contributed by atoms with Crippen LogP contribution in [0.5, 0.6) is 11.5 Å². The SMILES string of the molecule is O=C(O)C1CCN(C(=O)COc2ccccc2OCC(F)(F)F)CC1. The Morgan fingerprint density at radius 3 is 2.20 bits per heavy atom. The lowest BCUT2D eigenvalue weighted by Crippen LogP contribution is -2.42. The fourth-order valence-electron chi connectivity index (χ4n) is 2.45. The fourth-order valence-corrected chi connectivity index (χ4v) is 2.45. The Kier molecular flexibility index (Phi) is 6.11. The summed E-state index contributed by atoms with van der Waals surface area (Å²) in [5.41, 5.74) is 0. The molecule has 6 nitrogen and oxygen atoms in total. The van der Waals surface area contributed by atoms with Crippen LogP contribution in [0.4, 0.5) is 13.2 Å². The molecule has 1 aliphatic heterocycles. The summed E-state index contributed by atoms with van der Waals surface area (Å²) in [6.07, 6.45) is -3.74. The lowest BCUT2D eigenvalue weighted by molar-refractivity contribution is -0.153. The van der Waals surface area contributed by atoms with Crippen LogP contribution < -0.4 is 9.47 Å². The molecule has 1 N–H and O–H groups in total. The summed E-state index contributed by atoms with van der Waals surface area (Å²) in [4.78, 5) is 24.5. The number of amides is 1.